The van der Waals surface area contributed by atoms with Crippen LogP contribution in [0.5, 0.6) is 0 Å². The Labute approximate surface area is 121 Å². The number of aryl methyl sites for hydroxylation is 1. The average Bonchev–Trinajstić information content (AvgIpc) is 3.20. The number of nitrogens with one attached hydrogen (secondary N) is 1. The predicted molar refractivity (Wildman–Crippen MR) is 82.3 cm³/mol. The van der Waals surface area contributed by atoms with Gasteiger partial charge in [0.2, 0.25) is 0 Å². The van der Waals surface area contributed by atoms with Gasteiger partial charge in [-0.05, 0) is 50.4 Å². The van der Waals surface area contributed by atoms with Crippen molar-refractivity contribution >= 4 is 0 Å². The largest absolute Gasteiger partial charge is 0.313 e. The molecule has 0 saturated heterocycles. The molecule has 1 aromatic carbocycles. The molecule has 0 atom stereocenters. The zero-order valence-electron chi connectivity index (χ0n) is 12.4. The topological polar surface area (TPSA) is 29.9 Å². The van der Waals surface area contributed by atoms with Crippen molar-refractivity contribution in [3.63, 3.8) is 0 Å². The molecule has 0 bridgehead atoms. The Morgan fingerprint density at radius 3 is 2.90 bits per heavy atom. The molecule has 3 rings (SSSR count). The lowest BCUT2D eigenvalue weighted by molar-refractivity contribution is 0.669. The van der Waals surface area contributed by atoms with E-state index < -0.39 is 0 Å². The lowest BCUT2D eigenvalue weighted by atomic mass is 10.1. The Morgan fingerprint density at radius 2 is 2.20 bits per heavy atom. The maximum atomic E-state index is 4.64. The van der Waals surface area contributed by atoms with Crippen LogP contribution in [0, 0.1) is 6.92 Å². The van der Waals surface area contributed by atoms with Crippen molar-refractivity contribution in [2.75, 3.05) is 6.54 Å². The van der Waals surface area contributed by atoms with Gasteiger partial charge in [0.15, 0.2) is 0 Å². The number of hydrogen-bond donors (Lipinski definition) is 1. The molecule has 1 saturated carbocycles. The van der Waals surface area contributed by atoms with Gasteiger partial charge in [-0.25, -0.2) is 4.68 Å². The summed E-state index contributed by atoms with van der Waals surface area (Å²) in [6.07, 6.45) is 5.82. The fourth-order valence-corrected chi connectivity index (χ4v) is 2.69. The van der Waals surface area contributed by atoms with Gasteiger partial charge in [-0.15, -0.1) is 0 Å². The van der Waals surface area contributed by atoms with Crippen LogP contribution < -0.4 is 5.32 Å². The minimum absolute atomic E-state index is 0.705. The standard InChI is InChI=1S/C17H23N3/c1-3-9-18-11-15-12-19-20(17(15)14-7-8-14)16-6-4-5-13(2)10-16/h4-6,10,12,14,18H,3,7-9,11H2,1-2H3. The van der Waals surface area contributed by atoms with Gasteiger partial charge >= 0.3 is 0 Å². The smallest absolute Gasteiger partial charge is 0.0651 e. The molecule has 0 aliphatic heterocycles. The number of aromatic nitrogens is 2. The van der Waals surface area contributed by atoms with E-state index in [1.165, 1.54) is 41.8 Å². The SMILES string of the molecule is CCCNCc1cnn(-c2cccc(C)c2)c1C1CC1. The van der Waals surface area contributed by atoms with Crippen LogP contribution >= 0.6 is 0 Å². The molecule has 1 heterocycles. The highest BCUT2D eigenvalue weighted by molar-refractivity contribution is 5.40. The molecule has 0 spiro atoms. The molecule has 106 valence electrons. The predicted octanol–water partition coefficient (Wildman–Crippen LogP) is 3.56. The number of nitrogens with zero attached hydrogens (tertiary/aromatic N) is 2. The van der Waals surface area contributed by atoms with Crippen LogP contribution in [0.2, 0.25) is 0 Å². The van der Waals surface area contributed by atoms with Gasteiger partial charge in [0.05, 0.1) is 17.6 Å². The molecule has 3 heteroatoms. The van der Waals surface area contributed by atoms with Crippen molar-refractivity contribution < 1.29 is 0 Å². The minimum atomic E-state index is 0.705. The Balaban J connectivity index is 1.91. The van der Waals surface area contributed by atoms with Crippen molar-refractivity contribution in [3.05, 3.63) is 47.3 Å². The molecule has 1 N–H and O–H groups in total. The van der Waals surface area contributed by atoms with Crippen LogP contribution in [-0.2, 0) is 6.54 Å². The second-order valence-corrected chi connectivity index (χ2v) is 5.76. The molecule has 0 amide bonds. The summed E-state index contributed by atoms with van der Waals surface area (Å²) >= 11 is 0. The van der Waals surface area contributed by atoms with Gasteiger partial charge in [-0.2, -0.15) is 5.10 Å². The van der Waals surface area contributed by atoms with Crippen LogP contribution in [0.1, 0.15) is 48.9 Å². The van der Waals surface area contributed by atoms with Crippen molar-refractivity contribution in [3.8, 4) is 5.69 Å². The first-order valence-electron chi connectivity index (χ1n) is 7.64. The summed E-state index contributed by atoms with van der Waals surface area (Å²) in [5, 5.41) is 8.14. The first kappa shape index (κ1) is 13.4. The fraction of sp³-hybridized carbons (Fsp3) is 0.471. The second kappa shape index (κ2) is 5.80. The van der Waals surface area contributed by atoms with E-state index in [1.807, 2.05) is 6.20 Å². The Hall–Kier alpha value is -1.61. The van der Waals surface area contributed by atoms with Crippen LogP contribution in [-0.4, -0.2) is 16.3 Å². The summed E-state index contributed by atoms with van der Waals surface area (Å²) in [6, 6.07) is 8.60. The van der Waals surface area contributed by atoms with Crippen molar-refractivity contribution in [2.24, 2.45) is 0 Å². The quantitative estimate of drug-likeness (QED) is 0.813. The molecular weight excluding hydrogens is 246 g/mol. The average molecular weight is 269 g/mol. The first-order valence-corrected chi connectivity index (χ1v) is 7.64. The number of hydrogen-bond acceptors (Lipinski definition) is 2. The molecule has 0 unspecified atom stereocenters. The molecule has 20 heavy (non-hydrogen) atoms. The molecule has 1 aromatic heterocycles. The summed E-state index contributed by atoms with van der Waals surface area (Å²) in [4.78, 5) is 0. The third-order valence-corrected chi connectivity index (χ3v) is 3.84. The Morgan fingerprint density at radius 1 is 1.35 bits per heavy atom. The first-order chi connectivity index (χ1) is 9.79. The molecule has 1 aliphatic rings. The summed E-state index contributed by atoms with van der Waals surface area (Å²) in [5.41, 5.74) is 5.25. The van der Waals surface area contributed by atoms with Crippen molar-refractivity contribution in [1.82, 2.24) is 15.1 Å². The van der Waals surface area contributed by atoms with Gasteiger partial charge in [-0.1, -0.05) is 19.1 Å². The normalized spacial score (nSPS) is 14.7. The number of rotatable bonds is 6. The highest BCUT2D eigenvalue weighted by atomic mass is 15.3. The second-order valence-electron chi connectivity index (χ2n) is 5.76. The molecular formula is C17H23N3. The van der Waals surface area contributed by atoms with Gasteiger partial charge in [-0.3, -0.25) is 0 Å². The number of benzene rings is 1. The van der Waals surface area contributed by atoms with E-state index in [0.717, 1.165) is 13.1 Å². The van der Waals surface area contributed by atoms with E-state index in [-0.39, 0.29) is 0 Å². The van der Waals surface area contributed by atoms with Crippen molar-refractivity contribution in [2.45, 2.75) is 45.6 Å². The fourth-order valence-electron chi connectivity index (χ4n) is 2.69. The van der Waals surface area contributed by atoms with E-state index in [4.69, 9.17) is 0 Å². The summed E-state index contributed by atoms with van der Waals surface area (Å²) in [7, 11) is 0. The highest BCUT2D eigenvalue weighted by Crippen LogP contribution is 2.42. The Bertz CT molecular complexity index is 582. The van der Waals surface area contributed by atoms with E-state index >= 15 is 0 Å². The maximum absolute atomic E-state index is 4.64. The minimum Gasteiger partial charge on any atom is -0.313 e. The third-order valence-electron chi connectivity index (χ3n) is 3.84. The summed E-state index contributed by atoms with van der Waals surface area (Å²) < 4.78 is 2.15. The van der Waals surface area contributed by atoms with Gasteiger partial charge in [0, 0.05) is 18.0 Å². The van der Waals surface area contributed by atoms with E-state index in [0.29, 0.717) is 5.92 Å². The molecule has 1 aliphatic carbocycles. The molecule has 2 aromatic rings. The summed E-state index contributed by atoms with van der Waals surface area (Å²) in [5.74, 6) is 0.705. The highest BCUT2D eigenvalue weighted by Gasteiger charge is 2.30. The monoisotopic (exact) mass is 269 g/mol. The third kappa shape index (κ3) is 2.78. The van der Waals surface area contributed by atoms with Crippen molar-refractivity contribution in [1.29, 1.82) is 0 Å². The van der Waals surface area contributed by atoms with Crippen LogP contribution in [0.4, 0.5) is 0 Å². The van der Waals surface area contributed by atoms with Gasteiger partial charge in [0.1, 0.15) is 0 Å². The van der Waals surface area contributed by atoms with Crippen LogP contribution in [0.25, 0.3) is 5.69 Å². The van der Waals surface area contributed by atoms with E-state index in [1.54, 1.807) is 0 Å². The zero-order valence-corrected chi connectivity index (χ0v) is 12.4. The maximum Gasteiger partial charge on any atom is 0.0651 e. The lowest BCUT2D eigenvalue weighted by Crippen LogP contribution is -2.15. The lowest BCUT2D eigenvalue weighted by Gasteiger charge is -2.10. The summed E-state index contributed by atoms with van der Waals surface area (Å²) in [6.45, 7) is 6.34. The van der Waals surface area contributed by atoms with E-state index in [9.17, 15) is 0 Å². The van der Waals surface area contributed by atoms with Gasteiger partial charge < -0.3 is 5.32 Å². The van der Waals surface area contributed by atoms with Crippen LogP contribution in [0.3, 0.4) is 0 Å². The molecule has 0 radical (unpaired) electrons. The van der Waals surface area contributed by atoms with Crippen LogP contribution in [0.15, 0.2) is 30.5 Å². The van der Waals surface area contributed by atoms with Gasteiger partial charge in [0.25, 0.3) is 0 Å². The van der Waals surface area contributed by atoms with E-state index in [2.05, 4.69) is 53.2 Å². The molecule has 3 nitrogen and oxygen atoms in total. The Kier molecular flexibility index (Phi) is 3.88. The zero-order chi connectivity index (χ0) is 13.9. The molecule has 1 fully saturated rings.